The van der Waals surface area contributed by atoms with E-state index in [2.05, 4.69) is 25.9 Å². The molecule has 0 aliphatic rings. The van der Waals surface area contributed by atoms with Crippen LogP contribution in [0, 0.1) is 0 Å². The van der Waals surface area contributed by atoms with E-state index >= 15 is 0 Å². The first-order chi connectivity index (χ1) is 18.6. The van der Waals surface area contributed by atoms with Crippen molar-refractivity contribution in [2.45, 2.75) is 50.9 Å². The Labute approximate surface area is 224 Å². The van der Waals surface area contributed by atoms with Crippen molar-refractivity contribution in [2.24, 2.45) is 5.73 Å². The Morgan fingerprint density at radius 2 is 1.23 bits per heavy atom. The Kier molecular flexibility index (Phi) is 8.30. The highest BCUT2D eigenvalue weighted by atomic mass is 16.4. The van der Waals surface area contributed by atoms with E-state index in [0.717, 1.165) is 32.9 Å². The summed E-state index contributed by atoms with van der Waals surface area (Å²) in [6.45, 7) is 2.97. The molecule has 2 heterocycles. The molecule has 3 amide bonds. The number of carbonyl (C=O) groups excluding carboxylic acids is 3. The van der Waals surface area contributed by atoms with Gasteiger partial charge in [0.15, 0.2) is 0 Å². The number of benzene rings is 2. The van der Waals surface area contributed by atoms with E-state index in [0.29, 0.717) is 0 Å². The van der Waals surface area contributed by atoms with Gasteiger partial charge >= 0.3 is 5.97 Å². The zero-order valence-electron chi connectivity index (χ0n) is 21.7. The molecule has 0 bridgehead atoms. The van der Waals surface area contributed by atoms with Crippen molar-refractivity contribution in [3.63, 3.8) is 0 Å². The van der Waals surface area contributed by atoms with Crippen LogP contribution in [-0.4, -0.2) is 62.9 Å². The van der Waals surface area contributed by atoms with Gasteiger partial charge < -0.3 is 36.8 Å². The maximum absolute atomic E-state index is 13.5. The van der Waals surface area contributed by atoms with Crippen molar-refractivity contribution < 1.29 is 24.3 Å². The average molecular weight is 533 g/mol. The number of carboxylic acids is 1. The van der Waals surface area contributed by atoms with E-state index < -0.39 is 47.9 Å². The van der Waals surface area contributed by atoms with Gasteiger partial charge in [0.05, 0.1) is 6.04 Å². The molecule has 11 nitrogen and oxygen atoms in total. The molecule has 4 unspecified atom stereocenters. The van der Waals surface area contributed by atoms with Crippen LogP contribution in [-0.2, 0) is 32.0 Å². The fraction of sp³-hybridized carbons (Fsp3) is 0.286. The number of aromatic amines is 2. The minimum absolute atomic E-state index is 0.0414. The second kappa shape index (κ2) is 11.8. The van der Waals surface area contributed by atoms with Crippen LogP contribution in [0.15, 0.2) is 60.9 Å². The van der Waals surface area contributed by atoms with Crippen LogP contribution >= 0.6 is 0 Å². The predicted molar refractivity (Wildman–Crippen MR) is 147 cm³/mol. The number of H-pyrrole nitrogens is 2. The number of aliphatic carboxylic acids is 1. The molecule has 2 aromatic carbocycles. The van der Waals surface area contributed by atoms with Gasteiger partial charge in [-0.25, -0.2) is 4.79 Å². The lowest BCUT2D eigenvalue weighted by molar-refractivity contribution is -0.142. The molecule has 204 valence electrons. The smallest absolute Gasteiger partial charge is 0.326 e. The fourth-order valence-electron chi connectivity index (χ4n) is 4.43. The largest absolute Gasteiger partial charge is 0.480 e. The van der Waals surface area contributed by atoms with Gasteiger partial charge in [-0.2, -0.15) is 0 Å². The predicted octanol–water partition coefficient (Wildman–Crippen LogP) is 1.34. The Hall–Kier alpha value is -4.64. The molecule has 0 fully saturated rings. The lowest BCUT2D eigenvalue weighted by atomic mass is 10.0. The van der Waals surface area contributed by atoms with Gasteiger partial charge in [0.1, 0.15) is 18.1 Å². The summed E-state index contributed by atoms with van der Waals surface area (Å²) in [5, 5.41) is 19.4. The van der Waals surface area contributed by atoms with E-state index in [-0.39, 0.29) is 12.8 Å². The van der Waals surface area contributed by atoms with Gasteiger partial charge in [-0.15, -0.1) is 0 Å². The molecule has 0 aliphatic heterocycles. The number of nitrogens with one attached hydrogen (secondary N) is 5. The summed E-state index contributed by atoms with van der Waals surface area (Å²) in [4.78, 5) is 56.8. The van der Waals surface area contributed by atoms with E-state index in [9.17, 15) is 24.3 Å². The van der Waals surface area contributed by atoms with Crippen LogP contribution in [0.5, 0.6) is 0 Å². The minimum atomic E-state index is -1.24. The summed E-state index contributed by atoms with van der Waals surface area (Å²) in [5.41, 5.74) is 8.80. The number of fused-ring (bicyclic) bond motifs is 2. The lowest BCUT2D eigenvalue weighted by Gasteiger charge is -2.23. The highest BCUT2D eigenvalue weighted by Gasteiger charge is 2.30. The van der Waals surface area contributed by atoms with Gasteiger partial charge in [0.2, 0.25) is 17.7 Å². The van der Waals surface area contributed by atoms with Crippen molar-refractivity contribution in [2.75, 3.05) is 0 Å². The van der Waals surface area contributed by atoms with Gasteiger partial charge in [0, 0.05) is 47.0 Å². The quantitative estimate of drug-likeness (QED) is 0.153. The summed E-state index contributed by atoms with van der Waals surface area (Å²) >= 11 is 0. The number of hydrogen-bond donors (Lipinski definition) is 7. The maximum atomic E-state index is 13.5. The Bertz CT molecular complexity index is 1510. The van der Waals surface area contributed by atoms with Crippen LogP contribution in [0.25, 0.3) is 21.8 Å². The number of hydrogen-bond acceptors (Lipinski definition) is 5. The molecule has 0 saturated carbocycles. The monoisotopic (exact) mass is 532 g/mol. The molecule has 8 N–H and O–H groups in total. The highest BCUT2D eigenvalue weighted by molar-refractivity contribution is 5.95. The Morgan fingerprint density at radius 3 is 1.74 bits per heavy atom. The molecule has 2 aromatic heterocycles. The third kappa shape index (κ3) is 6.44. The van der Waals surface area contributed by atoms with Crippen LogP contribution in [0.2, 0.25) is 0 Å². The van der Waals surface area contributed by atoms with Gasteiger partial charge in [-0.1, -0.05) is 36.4 Å². The summed E-state index contributed by atoms with van der Waals surface area (Å²) in [6, 6.07) is 10.9. The lowest BCUT2D eigenvalue weighted by Crippen LogP contribution is -2.57. The molecule has 4 rings (SSSR count). The Morgan fingerprint density at radius 1 is 0.744 bits per heavy atom. The standard InChI is InChI=1S/C28H32N6O5/c1-15(29)25(35)32-16(2)26(36)33-23(11-17-13-30-21-9-5-3-7-19(17)21)27(37)34-24(28(38)39)12-18-14-31-22-10-6-4-8-20(18)22/h3-10,13-16,23-24,30-31H,11-12,29H2,1-2H3,(H,32,35)(H,33,36)(H,34,37)(H,38,39). The van der Waals surface area contributed by atoms with E-state index in [1.165, 1.54) is 13.8 Å². The van der Waals surface area contributed by atoms with Crippen molar-refractivity contribution >= 4 is 45.5 Å². The second-order valence-electron chi connectivity index (χ2n) is 9.61. The summed E-state index contributed by atoms with van der Waals surface area (Å²) in [7, 11) is 0. The number of para-hydroxylation sites is 2. The van der Waals surface area contributed by atoms with Gasteiger partial charge in [-0.3, -0.25) is 14.4 Å². The Balaban J connectivity index is 1.55. The maximum Gasteiger partial charge on any atom is 0.326 e. The van der Waals surface area contributed by atoms with Gasteiger partial charge in [0.25, 0.3) is 0 Å². The minimum Gasteiger partial charge on any atom is -0.480 e. The number of carbonyl (C=O) groups is 4. The normalized spacial score (nSPS) is 14.3. The number of carboxylic acid groups (broad SMARTS) is 1. The number of nitrogens with two attached hydrogens (primary N) is 1. The molecular weight excluding hydrogens is 500 g/mol. The van der Waals surface area contributed by atoms with Crippen LogP contribution in [0.3, 0.4) is 0 Å². The van der Waals surface area contributed by atoms with Crippen molar-refractivity contribution in [3.8, 4) is 0 Å². The first-order valence-corrected chi connectivity index (χ1v) is 12.6. The zero-order chi connectivity index (χ0) is 28.1. The van der Waals surface area contributed by atoms with E-state index in [4.69, 9.17) is 5.73 Å². The van der Waals surface area contributed by atoms with E-state index in [1.807, 2.05) is 48.5 Å². The topological polar surface area (TPSA) is 182 Å². The molecule has 0 radical (unpaired) electrons. The van der Waals surface area contributed by atoms with Crippen LogP contribution in [0.1, 0.15) is 25.0 Å². The van der Waals surface area contributed by atoms with Crippen molar-refractivity contribution in [3.05, 3.63) is 72.1 Å². The molecule has 0 spiro atoms. The molecule has 11 heteroatoms. The van der Waals surface area contributed by atoms with Gasteiger partial charge in [-0.05, 0) is 37.1 Å². The molecule has 0 saturated heterocycles. The molecule has 0 aliphatic carbocycles. The highest BCUT2D eigenvalue weighted by Crippen LogP contribution is 2.21. The molecule has 4 aromatic rings. The number of aromatic nitrogens is 2. The molecular formula is C28H32N6O5. The number of amides is 3. The third-order valence-corrected chi connectivity index (χ3v) is 6.61. The van der Waals surface area contributed by atoms with Crippen LogP contribution in [0.4, 0.5) is 0 Å². The average Bonchev–Trinajstić information content (AvgIpc) is 3.51. The summed E-state index contributed by atoms with van der Waals surface area (Å²) in [6.07, 6.45) is 3.61. The van der Waals surface area contributed by atoms with E-state index in [1.54, 1.807) is 12.4 Å². The first kappa shape index (κ1) is 27.4. The summed E-state index contributed by atoms with van der Waals surface area (Å²) < 4.78 is 0. The number of rotatable bonds is 11. The second-order valence-corrected chi connectivity index (χ2v) is 9.61. The van der Waals surface area contributed by atoms with Crippen LogP contribution < -0.4 is 21.7 Å². The fourth-order valence-corrected chi connectivity index (χ4v) is 4.43. The molecule has 39 heavy (non-hydrogen) atoms. The zero-order valence-corrected chi connectivity index (χ0v) is 21.7. The SMILES string of the molecule is CC(N)C(=O)NC(C)C(=O)NC(Cc1c[nH]c2ccccc12)C(=O)NC(Cc1c[nH]c2ccccc12)C(=O)O. The van der Waals surface area contributed by atoms with Crippen molar-refractivity contribution in [1.82, 2.24) is 25.9 Å². The summed E-state index contributed by atoms with van der Waals surface area (Å²) in [5.74, 6) is -2.98. The first-order valence-electron chi connectivity index (χ1n) is 12.6. The molecule has 4 atom stereocenters. The van der Waals surface area contributed by atoms with Crippen molar-refractivity contribution in [1.29, 1.82) is 0 Å². The third-order valence-electron chi connectivity index (χ3n) is 6.61.